The molecule has 88 valence electrons. The highest BCUT2D eigenvalue weighted by molar-refractivity contribution is 5.24. The highest BCUT2D eigenvalue weighted by Crippen LogP contribution is 2.27. The highest BCUT2D eigenvalue weighted by Gasteiger charge is 2.37. The topological polar surface area (TPSA) is 59.7 Å². The van der Waals surface area contributed by atoms with Crippen molar-refractivity contribution in [1.82, 2.24) is 9.80 Å². The number of β-amino-alcohol motifs (C(OH)–C–C–N with tert-alkyl or cyclic N) is 1. The number of morpholine rings is 1. The second-order valence-corrected chi connectivity index (χ2v) is 4.22. The first-order chi connectivity index (χ1) is 7.76. The van der Waals surface area contributed by atoms with Crippen molar-refractivity contribution in [2.75, 3.05) is 33.4 Å². The van der Waals surface area contributed by atoms with Crippen LogP contribution in [0.4, 0.5) is 0 Å². The Morgan fingerprint density at radius 3 is 3.19 bits per heavy atom. The zero-order valence-electron chi connectivity index (χ0n) is 9.46. The summed E-state index contributed by atoms with van der Waals surface area (Å²) in [5.41, 5.74) is 0.759. The number of nitriles is 1. The Balaban J connectivity index is 2.15. The number of hydrogen-bond donors (Lipinski definition) is 1. The molecule has 5 heteroatoms. The summed E-state index contributed by atoms with van der Waals surface area (Å²) in [5.74, 6) is 0. The molecular formula is C11H17N3O2. The Bertz CT molecular complexity index is 322. The van der Waals surface area contributed by atoms with Crippen LogP contribution in [0.15, 0.2) is 11.8 Å². The normalized spacial score (nSPS) is 30.6. The minimum Gasteiger partial charge on any atom is -0.395 e. The van der Waals surface area contributed by atoms with Crippen LogP contribution in [0, 0.1) is 11.3 Å². The van der Waals surface area contributed by atoms with E-state index in [4.69, 9.17) is 15.1 Å². The largest absolute Gasteiger partial charge is 0.395 e. The van der Waals surface area contributed by atoms with Crippen molar-refractivity contribution in [2.24, 2.45) is 0 Å². The first-order valence-corrected chi connectivity index (χ1v) is 5.55. The predicted octanol–water partition coefficient (Wildman–Crippen LogP) is -0.251. The number of hydrogen-bond acceptors (Lipinski definition) is 5. The van der Waals surface area contributed by atoms with Crippen LogP contribution in [0.2, 0.25) is 0 Å². The van der Waals surface area contributed by atoms with Crippen LogP contribution in [-0.4, -0.2) is 60.5 Å². The second kappa shape index (κ2) is 4.83. The molecule has 0 spiro atoms. The fourth-order valence-electron chi connectivity index (χ4n) is 2.50. The van der Waals surface area contributed by atoms with Crippen LogP contribution in [-0.2, 0) is 4.74 Å². The molecule has 0 aromatic heterocycles. The van der Waals surface area contributed by atoms with Gasteiger partial charge in [0.1, 0.15) is 6.17 Å². The van der Waals surface area contributed by atoms with E-state index in [1.165, 1.54) is 0 Å². The standard InChI is InChI=1S/C11H17N3O2/c1-13-8-9(7-12)6-10-11(13)14(2-4-15)3-5-16-10/h8,10-11,15H,2-6H2,1H3/t10-,11-/m1/s1. The average molecular weight is 223 g/mol. The maximum Gasteiger partial charge on any atom is 0.109 e. The van der Waals surface area contributed by atoms with Gasteiger partial charge in [-0.05, 0) is 0 Å². The summed E-state index contributed by atoms with van der Waals surface area (Å²) in [7, 11) is 1.95. The van der Waals surface area contributed by atoms with Crippen LogP contribution in [0.25, 0.3) is 0 Å². The van der Waals surface area contributed by atoms with Crippen molar-refractivity contribution in [1.29, 1.82) is 5.26 Å². The molecule has 1 fully saturated rings. The van der Waals surface area contributed by atoms with E-state index in [0.717, 1.165) is 12.1 Å². The molecule has 1 saturated heterocycles. The lowest BCUT2D eigenvalue weighted by atomic mass is 10.0. The summed E-state index contributed by atoms with van der Waals surface area (Å²) in [6.45, 7) is 2.33. The summed E-state index contributed by atoms with van der Waals surface area (Å²) in [6.07, 6.45) is 2.75. The van der Waals surface area contributed by atoms with Gasteiger partial charge in [0.15, 0.2) is 0 Å². The molecule has 1 N–H and O–H groups in total. The fraction of sp³-hybridized carbons (Fsp3) is 0.727. The molecule has 2 atom stereocenters. The third-order valence-electron chi connectivity index (χ3n) is 3.15. The van der Waals surface area contributed by atoms with E-state index in [2.05, 4.69) is 11.0 Å². The SMILES string of the molecule is CN1C=C(C#N)C[C@H]2OCCN(CCO)[C@H]21. The third kappa shape index (κ3) is 2.05. The Morgan fingerprint density at radius 1 is 1.69 bits per heavy atom. The van der Waals surface area contributed by atoms with Gasteiger partial charge in [-0.3, -0.25) is 4.90 Å². The molecule has 2 aliphatic rings. The maximum absolute atomic E-state index is 9.02. The van der Waals surface area contributed by atoms with Crippen molar-refractivity contribution < 1.29 is 9.84 Å². The van der Waals surface area contributed by atoms with Crippen LogP contribution in [0.3, 0.4) is 0 Å². The lowest BCUT2D eigenvalue weighted by Crippen LogP contribution is -2.59. The van der Waals surface area contributed by atoms with Crippen molar-refractivity contribution in [3.05, 3.63) is 11.8 Å². The molecule has 2 aliphatic heterocycles. The third-order valence-corrected chi connectivity index (χ3v) is 3.15. The van der Waals surface area contributed by atoms with Gasteiger partial charge in [-0.15, -0.1) is 0 Å². The van der Waals surface area contributed by atoms with Gasteiger partial charge in [0, 0.05) is 38.3 Å². The molecule has 2 rings (SSSR count). The van der Waals surface area contributed by atoms with Gasteiger partial charge in [0.2, 0.25) is 0 Å². The number of nitrogens with zero attached hydrogens (tertiary/aromatic N) is 3. The highest BCUT2D eigenvalue weighted by atomic mass is 16.5. The number of ether oxygens (including phenoxy) is 1. The van der Waals surface area contributed by atoms with Crippen LogP contribution in [0.5, 0.6) is 0 Å². The van der Waals surface area contributed by atoms with Crippen LogP contribution < -0.4 is 0 Å². The van der Waals surface area contributed by atoms with E-state index < -0.39 is 0 Å². The van der Waals surface area contributed by atoms with Crippen LogP contribution >= 0.6 is 0 Å². The van der Waals surface area contributed by atoms with E-state index in [1.807, 2.05) is 18.1 Å². The zero-order chi connectivity index (χ0) is 11.5. The summed E-state index contributed by atoms with van der Waals surface area (Å²) < 4.78 is 5.70. The van der Waals surface area contributed by atoms with Gasteiger partial charge >= 0.3 is 0 Å². The van der Waals surface area contributed by atoms with Crippen molar-refractivity contribution in [3.63, 3.8) is 0 Å². The molecule has 0 saturated carbocycles. The van der Waals surface area contributed by atoms with E-state index in [-0.39, 0.29) is 18.9 Å². The molecule has 0 amide bonds. The van der Waals surface area contributed by atoms with Crippen molar-refractivity contribution >= 4 is 0 Å². The summed E-state index contributed by atoms with van der Waals surface area (Å²) in [6, 6.07) is 2.19. The molecule has 0 radical (unpaired) electrons. The fourth-order valence-corrected chi connectivity index (χ4v) is 2.50. The van der Waals surface area contributed by atoms with Crippen molar-refractivity contribution in [3.8, 4) is 6.07 Å². The lowest BCUT2D eigenvalue weighted by molar-refractivity contribution is -0.118. The molecular weight excluding hydrogens is 206 g/mol. The minimum absolute atomic E-state index is 0.0462. The Labute approximate surface area is 95.5 Å². The molecule has 0 aromatic carbocycles. The predicted molar refractivity (Wildman–Crippen MR) is 58.3 cm³/mol. The number of rotatable bonds is 2. The first kappa shape index (κ1) is 11.4. The van der Waals surface area contributed by atoms with E-state index in [1.54, 1.807) is 0 Å². The van der Waals surface area contributed by atoms with Gasteiger partial charge in [0.25, 0.3) is 0 Å². The maximum atomic E-state index is 9.02. The molecule has 5 nitrogen and oxygen atoms in total. The minimum atomic E-state index is 0.0462. The zero-order valence-corrected chi connectivity index (χ0v) is 9.46. The van der Waals surface area contributed by atoms with E-state index in [0.29, 0.717) is 19.6 Å². The van der Waals surface area contributed by atoms with Crippen molar-refractivity contribution in [2.45, 2.75) is 18.7 Å². The monoisotopic (exact) mass is 223 g/mol. The molecule has 0 bridgehead atoms. The van der Waals surface area contributed by atoms with Gasteiger partial charge in [-0.2, -0.15) is 5.26 Å². The molecule has 0 aliphatic carbocycles. The smallest absolute Gasteiger partial charge is 0.109 e. The summed E-state index contributed by atoms with van der Waals surface area (Å²) in [4.78, 5) is 4.22. The average Bonchev–Trinajstić information content (AvgIpc) is 2.29. The number of likely N-dealkylation sites (N-methyl/N-ethyl adjacent to an activating group) is 1. The lowest BCUT2D eigenvalue weighted by Gasteiger charge is -2.47. The van der Waals surface area contributed by atoms with Gasteiger partial charge < -0.3 is 14.7 Å². The summed E-state index contributed by atoms with van der Waals surface area (Å²) in [5, 5.41) is 17.9. The van der Waals surface area contributed by atoms with Gasteiger partial charge in [0.05, 0.1) is 25.4 Å². The Morgan fingerprint density at radius 2 is 2.50 bits per heavy atom. The second-order valence-electron chi connectivity index (χ2n) is 4.22. The van der Waals surface area contributed by atoms with Gasteiger partial charge in [-0.25, -0.2) is 0 Å². The van der Waals surface area contributed by atoms with Gasteiger partial charge in [-0.1, -0.05) is 0 Å². The molecule has 0 unspecified atom stereocenters. The van der Waals surface area contributed by atoms with E-state index >= 15 is 0 Å². The van der Waals surface area contributed by atoms with Crippen LogP contribution in [0.1, 0.15) is 6.42 Å². The number of aliphatic hydroxyl groups is 1. The first-order valence-electron chi connectivity index (χ1n) is 5.55. The summed E-state index contributed by atoms with van der Waals surface area (Å²) >= 11 is 0. The quantitative estimate of drug-likeness (QED) is 0.699. The molecule has 16 heavy (non-hydrogen) atoms. The number of aliphatic hydroxyl groups excluding tert-OH is 1. The Kier molecular flexibility index (Phi) is 3.44. The molecule has 2 heterocycles. The Hall–Kier alpha value is -1.09. The van der Waals surface area contributed by atoms with E-state index in [9.17, 15) is 0 Å². The number of fused-ring (bicyclic) bond motifs is 1. The molecule has 0 aromatic rings.